The van der Waals surface area contributed by atoms with Crippen LogP contribution >= 0.6 is 35.3 Å². The molecule has 0 aliphatic carbocycles. The number of thioether (sulfide) groups is 2. The second-order valence-electron chi connectivity index (χ2n) is 11.8. The third-order valence-corrected chi connectivity index (χ3v) is 12.1. The number of carbonyl (C=O) groups is 4. The SMILES string of the molecule is O=C1C[C@H](Sc2ccc3ccccc3c2)C(=O)N1c1ccc(Sc2ccc(N3C(=O)C[C@@H](Sc4cccc5ccccc45)C3=O)cc2)cc1. The molecule has 0 aromatic heterocycles. The zero-order valence-electron chi connectivity index (χ0n) is 26.0. The molecule has 6 aromatic rings. The first-order valence-electron chi connectivity index (χ1n) is 15.8. The van der Waals surface area contributed by atoms with Crippen LogP contribution in [0.2, 0.25) is 0 Å². The fraction of sp³-hybridized carbons (Fsp3) is 0.100. The minimum absolute atomic E-state index is 0.153. The quantitative estimate of drug-likeness (QED) is 0.147. The van der Waals surface area contributed by atoms with E-state index in [1.807, 2.05) is 103 Å². The molecular formula is C40H28N2O4S3. The Balaban J connectivity index is 0.907. The number of anilines is 2. The summed E-state index contributed by atoms with van der Waals surface area (Å²) in [6, 6.07) is 43.0. The summed E-state index contributed by atoms with van der Waals surface area (Å²) in [7, 11) is 0. The van der Waals surface area contributed by atoms with Gasteiger partial charge in [-0.1, -0.05) is 78.5 Å². The molecule has 0 spiro atoms. The molecule has 0 saturated carbocycles. The van der Waals surface area contributed by atoms with Crippen LogP contribution in [-0.2, 0) is 19.2 Å². The summed E-state index contributed by atoms with van der Waals surface area (Å²) < 4.78 is 0. The van der Waals surface area contributed by atoms with Gasteiger partial charge in [0.25, 0.3) is 0 Å². The number of carbonyl (C=O) groups excluding carboxylic acids is 4. The van der Waals surface area contributed by atoms with Gasteiger partial charge in [0.15, 0.2) is 0 Å². The molecule has 2 saturated heterocycles. The predicted octanol–water partition coefficient (Wildman–Crippen LogP) is 8.99. The molecule has 2 heterocycles. The Hall–Kier alpha value is -4.83. The minimum atomic E-state index is -0.479. The lowest BCUT2D eigenvalue weighted by Gasteiger charge is -2.16. The molecule has 0 unspecified atom stereocenters. The first-order chi connectivity index (χ1) is 23.9. The Morgan fingerprint density at radius 2 is 0.980 bits per heavy atom. The van der Waals surface area contributed by atoms with Crippen molar-refractivity contribution in [2.75, 3.05) is 9.80 Å². The van der Waals surface area contributed by atoms with Crippen LogP contribution in [-0.4, -0.2) is 34.1 Å². The Morgan fingerprint density at radius 3 is 1.61 bits per heavy atom. The number of benzene rings is 6. The summed E-state index contributed by atoms with van der Waals surface area (Å²) in [5.41, 5.74) is 1.11. The Labute approximate surface area is 295 Å². The second-order valence-corrected chi connectivity index (χ2v) is 15.5. The van der Waals surface area contributed by atoms with Crippen molar-refractivity contribution in [1.82, 2.24) is 0 Å². The summed E-state index contributed by atoms with van der Waals surface area (Å²) in [6.07, 6.45) is 0.310. The van der Waals surface area contributed by atoms with Crippen LogP contribution in [0.15, 0.2) is 153 Å². The first kappa shape index (κ1) is 31.4. The highest BCUT2D eigenvalue weighted by molar-refractivity contribution is 8.01. The van der Waals surface area contributed by atoms with E-state index in [4.69, 9.17) is 0 Å². The van der Waals surface area contributed by atoms with Crippen LogP contribution in [0.25, 0.3) is 21.5 Å². The summed E-state index contributed by atoms with van der Waals surface area (Å²) in [5.74, 6) is -0.823. The van der Waals surface area contributed by atoms with Crippen molar-refractivity contribution in [2.24, 2.45) is 0 Å². The maximum Gasteiger partial charge on any atom is 0.247 e. The van der Waals surface area contributed by atoms with Gasteiger partial charge in [0, 0.05) is 32.4 Å². The van der Waals surface area contributed by atoms with E-state index in [-0.39, 0.29) is 36.5 Å². The number of hydrogen-bond acceptors (Lipinski definition) is 7. The number of hydrogen-bond donors (Lipinski definition) is 0. The average Bonchev–Trinajstić information content (AvgIpc) is 3.56. The monoisotopic (exact) mass is 696 g/mol. The summed E-state index contributed by atoms with van der Waals surface area (Å²) in [5, 5.41) is 3.45. The molecular weight excluding hydrogens is 669 g/mol. The van der Waals surface area contributed by atoms with Gasteiger partial charge in [0.2, 0.25) is 23.6 Å². The first-order valence-corrected chi connectivity index (χ1v) is 18.4. The maximum absolute atomic E-state index is 13.4. The number of rotatable bonds is 8. The van der Waals surface area contributed by atoms with Crippen LogP contribution in [0.3, 0.4) is 0 Å². The lowest BCUT2D eigenvalue weighted by Crippen LogP contribution is -2.31. The molecule has 0 bridgehead atoms. The van der Waals surface area contributed by atoms with E-state index in [1.165, 1.54) is 45.1 Å². The largest absolute Gasteiger partial charge is 0.274 e. The van der Waals surface area contributed by atoms with Gasteiger partial charge in [-0.05, 0) is 88.3 Å². The van der Waals surface area contributed by atoms with E-state index >= 15 is 0 Å². The summed E-state index contributed by atoms with van der Waals surface area (Å²) >= 11 is 4.39. The highest BCUT2D eigenvalue weighted by Crippen LogP contribution is 2.39. The van der Waals surface area contributed by atoms with Gasteiger partial charge in [-0.15, -0.1) is 23.5 Å². The third-order valence-electron chi connectivity index (χ3n) is 8.65. The molecule has 0 radical (unpaired) electrons. The van der Waals surface area contributed by atoms with E-state index in [9.17, 15) is 19.2 Å². The van der Waals surface area contributed by atoms with Crippen molar-refractivity contribution in [3.05, 3.63) is 133 Å². The molecule has 0 N–H and O–H groups in total. The van der Waals surface area contributed by atoms with E-state index in [0.29, 0.717) is 11.4 Å². The number of imide groups is 2. The van der Waals surface area contributed by atoms with Crippen molar-refractivity contribution in [3.8, 4) is 0 Å². The standard InChI is InChI=1S/C40H28N2O4S3/c43-37-23-35(48-32-17-12-25-6-1-2-8-27(25)22-32)39(45)41(37)28-13-18-30(19-14-28)47-31-20-15-29(16-21-31)42-38(44)24-36(40(42)46)49-34-11-5-9-26-7-3-4-10-33(26)34/h1-22,35-36H,23-24H2/t35-,36+/m0/s1. The normalized spacial score (nSPS) is 18.0. The van der Waals surface area contributed by atoms with Gasteiger partial charge in [0.1, 0.15) is 0 Å². The van der Waals surface area contributed by atoms with Gasteiger partial charge in [-0.2, -0.15) is 0 Å². The predicted molar refractivity (Wildman–Crippen MR) is 198 cm³/mol. The molecule has 2 aliphatic heterocycles. The Bertz CT molecular complexity index is 2270. The fourth-order valence-corrected chi connectivity index (χ4v) is 9.38. The average molecular weight is 697 g/mol. The van der Waals surface area contributed by atoms with E-state index in [1.54, 1.807) is 24.3 Å². The molecule has 49 heavy (non-hydrogen) atoms. The van der Waals surface area contributed by atoms with Crippen LogP contribution < -0.4 is 9.80 Å². The topological polar surface area (TPSA) is 74.8 Å². The molecule has 2 aliphatic rings. The molecule has 2 atom stereocenters. The van der Waals surface area contributed by atoms with Gasteiger partial charge in [0.05, 0.1) is 21.9 Å². The molecule has 240 valence electrons. The lowest BCUT2D eigenvalue weighted by molar-refractivity contribution is -0.122. The van der Waals surface area contributed by atoms with Gasteiger partial charge in [-0.3, -0.25) is 19.2 Å². The molecule has 9 heteroatoms. The van der Waals surface area contributed by atoms with Gasteiger partial charge < -0.3 is 0 Å². The molecule has 6 nitrogen and oxygen atoms in total. The molecule has 6 aromatic carbocycles. The van der Waals surface area contributed by atoms with Crippen LogP contribution in [0, 0.1) is 0 Å². The molecule has 4 amide bonds. The zero-order valence-corrected chi connectivity index (χ0v) is 28.5. The molecule has 8 rings (SSSR count). The maximum atomic E-state index is 13.4. The highest BCUT2D eigenvalue weighted by Gasteiger charge is 2.41. The molecule has 2 fully saturated rings. The van der Waals surface area contributed by atoms with Crippen LogP contribution in [0.1, 0.15) is 12.8 Å². The lowest BCUT2D eigenvalue weighted by atomic mass is 10.1. The van der Waals surface area contributed by atoms with Gasteiger partial charge in [-0.25, -0.2) is 9.80 Å². The van der Waals surface area contributed by atoms with Crippen LogP contribution in [0.4, 0.5) is 11.4 Å². The number of fused-ring (bicyclic) bond motifs is 2. The van der Waals surface area contributed by atoms with Gasteiger partial charge >= 0.3 is 0 Å². The fourth-order valence-electron chi connectivity index (χ4n) is 6.25. The summed E-state index contributed by atoms with van der Waals surface area (Å²) in [4.78, 5) is 59.1. The van der Waals surface area contributed by atoms with Crippen molar-refractivity contribution in [1.29, 1.82) is 0 Å². The second kappa shape index (κ2) is 13.2. The van der Waals surface area contributed by atoms with Crippen molar-refractivity contribution < 1.29 is 19.2 Å². The highest BCUT2D eigenvalue weighted by atomic mass is 32.2. The smallest absolute Gasteiger partial charge is 0.247 e. The van der Waals surface area contributed by atoms with Crippen molar-refractivity contribution >= 4 is 91.8 Å². The number of amides is 4. The third kappa shape index (κ3) is 6.25. The minimum Gasteiger partial charge on any atom is -0.274 e. The van der Waals surface area contributed by atoms with Crippen molar-refractivity contribution in [2.45, 2.75) is 42.9 Å². The van der Waals surface area contributed by atoms with E-state index in [2.05, 4.69) is 6.07 Å². The summed E-state index contributed by atoms with van der Waals surface area (Å²) in [6.45, 7) is 0. The van der Waals surface area contributed by atoms with E-state index in [0.717, 1.165) is 41.1 Å². The van der Waals surface area contributed by atoms with Crippen molar-refractivity contribution in [3.63, 3.8) is 0 Å². The Morgan fingerprint density at radius 1 is 0.469 bits per heavy atom. The number of nitrogens with zero attached hydrogens (tertiary/aromatic N) is 2. The van der Waals surface area contributed by atoms with Crippen LogP contribution in [0.5, 0.6) is 0 Å². The Kier molecular flexibility index (Phi) is 8.49. The van der Waals surface area contributed by atoms with E-state index < -0.39 is 10.5 Å². The zero-order chi connectivity index (χ0) is 33.5.